The second-order valence-corrected chi connectivity index (χ2v) is 6.35. The van der Waals surface area contributed by atoms with Crippen molar-refractivity contribution in [3.05, 3.63) is 23.8 Å². The Morgan fingerprint density at radius 2 is 2.20 bits per heavy atom. The van der Waals surface area contributed by atoms with E-state index in [9.17, 15) is 0 Å². The summed E-state index contributed by atoms with van der Waals surface area (Å²) in [6.45, 7) is 7.61. The summed E-state index contributed by atoms with van der Waals surface area (Å²) in [6, 6.07) is 6.72. The molecule has 1 aliphatic rings. The van der Waals surface area contributed by atoms with Gasteiger partial charge in [0.25, 0.3) is 0 Å². The zero-order chi connectivity index (χ0) is 14.4. The molecule has 0 bridgehead atoms. The van der Waals surface area contributed by atoms with Crippen molar-refractivity contribution in [2.45, 2.75) is 26.3 Å². The Morgan fingerprint density at radius 1 is 1.35 bits per heavy atom. The van der Waals surface area contributed by atoms with Crippen molar-refractivity contribution in [3.63, 3.8) is 0 Å². The minimum absolute atomic E-state index is 0.307. The number of hydrogen-bond acceptors (Lipinski definition) is 4. The van der Waals surface area contributed by atoms with Gasteiger partial charge < -0.3 is 15.0 Å². The fourth-order valence-electron chi connectivity index (χ4n) is 2.82. The topological polar surface area (TPSA) is 24.5 Å². The molecule has 3 nitrogen and oxygen atoms in total. The van der Waals surface area contributed by atoms with Gasteiger partial charge in [-0.25, -0.2) is 0 Å². The molecular formula is C16H26N2OS. The summed E-state index contributed by atoms with van der Waals surface area (Å²) in [4.78, 5) is 2.52. The smallest absolute Gasteiger partial charge is 0.125 e. The number of hydrogen-bond donors (Lipinski definition) is 1. The van der Waals surface area contributed by atoms with Crippen LogP contribution in [0, 0.1) is 0 Å². The molecule has 0 aromatic heterocycles. The molecule has 1 fully saturated rings. The molecule has 0 saturated carbocycles. The van der Waals surface area contributed by atoms with Gasteiger partial charge in [0.15, 0.2) is 0 Å². The number of methoxy groups -OCH3 is 1. The molecule has 1 atom stereocenters. The van der Waals surface area contributed by atoms with Gasteiger partial charge in [0.05, 0.1) is 7.11 Å². The monoisotopic (exact) mass is 294 g/mol. The number of nitrogens with one attached hydrogen (secondary N) is 1. The first kappa shape index (κ1) is 15.5. The van der Waals surface area contributed by atoms with Crippen molar-refractivity contribution in [2.75, 3.05) is 43.1 Å². The summed E-state index contributed by atoms with van der Waals surface area (Å²) in [7, 11) is 1.76. The number of thioether (sulfide) groups is 1. The number of nitrogens with zero attached hydrogens (tertiary/aromatic N) is 1. The average molecular weight is 294 g/mol. The van der Waals surface area contributed by atoms with E-state index in [0.29, 0.717) is 6.04 Å². The molecule has 1 unspecified atom stereocenters. The molecule has 0 amide bonds. The maximum atomic E-state index is 5.60. The summed E-state index contributed by atoms with van der Waals surface area (Å²) < 4.78 is 5.60. The van der Waals surface area contributed by atoms with Crippen molar-refractivity contribution >= 4 is 17.4 Å². The largest absolute Gasteiger partial charge is 0.496 e. The zero-order valence-electron chi connectivity index (χ0n) is 12.8. The van der Waals surface area contributed by atoms with Gasteiger partial charge in [0, 0.05) is 36.1 Å². The van der Waals surface area contributed by atoms with Gasteiger partial charge >= 0.3 is 0 Å². The predicted molar refractivity (Wildman–Crippen MR) is 89.2 cm³/mol. The zero-order valence-corrected chi connectivity index (χ0v) is 13.6. The highest BCUT2D eigenvalue weighted by molar-refractivity contribution is 7.99. The van der Waals surface area contributed by atoms with Crippen LogP contribution in [0.4, 0.5) is 5.69 Å². The van der Waals surface area contributed by atoms with E-state index in [1.54, 1.807) is 7.11 Å². The second-order valence-electron chi connectivity index (χ2n) is 5.13. The minimum Gasteiger partial charge on any atom is -0.496 e. The van der Waals surface area contributed by atoms with E-state index in [1.165, 1.54) is 29.2 Å². The minimum atomic E-state index is 0.307. The van der Waals surface area contributed by atoms with Crippen LogP contribution in [-0.4, -0.2) is 38.2 Å². The van der Waals surface area contributed by atoms with E-state index in [4.69, 9.17) is 4.74 Å². The second kappa shape index (κ2) is 7.79. The fourth-order valence-corrected chi connectivity index (χ4v) is 3.70. The molecule has 20 heavy (non-hydrogen) atoms. The van der Waals surface area contributed by atoms with Crippen LogP contribution in [0.25, 0.3) is 0 Å². The third-order valence-corrected chi connectivity index (χ3v) is 4.82. The third kappa shape index (κ3) is 3.61. The highest BCUT2D eigenvalue weighted by Gasteiger charge is 2.20. The molecule has 1 heterocycles. The molecule has 1 saturated heterocycles. The van der Waals surface area contributed by atoms with Gasteiger partial charge in [-0.05, 0) is 37.8 Å². The van der Waals surface area contributed by atoms with Gasteiger partial charge in [-0.15, -0.1) is 0 Å². The van der Waals surface area contributed by atoms with E-state index in [1.807, 2.05) is 0 Å². The molecule has 1 aromatic carbocycles. The highest BCUT2D eigenvalue weighted by Crippen LogP contribution is 2.35. The Hall–Kier alpha value is -0.870. The van der Waals surface area contributed by atoms with Gasteiger partial charge in [0.2, 0.25) is 0 Å². The fraction of sp³-hybridized carbons (Fsp3) is 0.625. The van der Waals surface area contributed by atoms with Gasteiger partial charge in [-0.1, -0.05) is 13.0 Å². The SMILES string of the molecule is CCNC(C)c1c(OC)cccc1N1CCCSCC1. The molecule has 0 aliphatic carbocycles. The summed E-state index contributed by atoms with van der Waals surface area (Å²) in [5.41, 5.74) is 2.63. The molecule has 4 heteroatoms. The molecule has 2 rings (SSSR count). The number of ether oxygens (including phenoxy) is 1. The number of anilines is 1. The Bertz CT molecular complexity index is 417. The molecule has 1 aliphatic heterocycles. The third-order valence-electron chi connectivity index (χ3n) is 3.77. The van der Waals surface area contributed by atoms with E-state index < -0.39 is 0 Å². The Kier molecular flexibility index (Phi) is 6.05. The van der Waals surface area contributed by atoms with Crippen LogP contribution in [-0.2, 0) is 0 Å². The lowest BCUT2D eigenvalue weighted by molar-refractivity contribution is 0.402. The van der Waals surface area contributed by atoms with Crippen LogP contribution in [0.1, 0.15) is 31.9 Å². The molecule has 0 spiro atoms. The normalized spacial score (nSPS) is 17.6. The van der Waals surface area contributed by atoms with Crippen molar-refractivity contribution < 1.29 is 4.74 Å². The van der Waals surface area contributed by atoms with E-state index in [-0.39, 0.29) is 0 Å². The average Bonchev–Trinajstić information content (AvgIpc) is 2.75. The van der Waals surface area contributed by atoms with Crippen molar-refractivity contribution in [3.8, 4) is 5.75 Å². The van der Waals surface area contributed by atoms with Gasteiger partial charge in [0.1, 0.15) is 5.75 Å². The Balaban J connectivity index is 2.34. The Labute approximate surface area is 127 Å². The lowest BCUT2D eigenvalue weighted by atomic mass is 10.0. The maximum Gasteiger partial charge on any atom is 0.125 e. The molecule has 1 aromatic rings. The summed E-state index contributed by atoms with van der Waals surface area (Å²) in [6.07, 6.45) is 1.26. The highest BCUT2D eigenvalue weighted by atomic mass is 32.2. The summed E-state index contributed by atoms with van der Waals surface area (Å²) in [5, 5.41) is 3.52. The van der Waals surface area contributed by atoms with Crippen LogP contribution >= 0.6 is 11.8 Å². The van der Waals surface area contributed by atoms with Crippen LogP contribution in [0.5, 0.6) is 5.75 Å². The first-order valence-electron chi connectivity index (χ1n) is 7.51. The lowest BCUT2D eigenvalue weighted by Crippen LogP contribution is -2.29. The van der Waals surface area contributed by atoms with Gasteiger partial charge in [-0.3, -0.25) is 0 Å². The standard InChI is InChI=1S/C16H26N2OS/c1-4-17-13(2)16-14(7-5-8-15(16)19-3)18-9-6-11-20-12-10-18/h5,7-8,13,17H,4,6,9-12H2,1-3H3. The van der Waals surface area contributed by atoms with Crippen LogP contribution in [0.15, 0.2) is 18.2 Å². The lowest BCUT2D eigenvalue weighted by Gasteiger charge is -2.29. The molecule has 112 valence electrons. The summed E-state index contributed by atoms with van der Waals surface area (Å²) >= 11 is 2.06. The molecule has 1 N–H and O–H groups in total. The van der Waals surface area contributed by atoms with Crippen LogP contribution in [0.3, 0.4) is 0 Å². The summed E-state index contributed by atoms with van der Waals surface area (Å²) in [5.74, 6) is 3.48. The van der Waals surface area contributed by atoms with Crippen molar-refractivity contribution in [1.82, 2.24) is 5.32 Å². The van der Waals surface area contributed by atoms with E-state index in [0.717, 1.165) is 25.4 Å². The number of benzene rings is 1. The van der Waals surface area contributed by atoms with E-state index >= 15 is 0 Å². The first-order chi connectivity index (χ1) is 9.77. The van der Waals surface area contributed by atoms with Crippen molar-refractivity contribution in [1.29, 1.82) is 0 Å². The predicted octanol–water partition coefficient (Wildman–Crippen LogP) is 3.31. The number of rotatable bonds is 5. The van der Waals surface area contributed by atoms with E-state index in [2.05, 4.69) is 54.0 Å². The van der Waals surface area contributed by atoms with Crippen molar-refractivity contribution in [2.24, 2.45) is 0 Å². The van der Waals surface area contributed by atoms with Crippen LogP contribution in [0.2, 0.25) is 0 Å². The molecular weight excluding hydrogens is 268 g/mol. The maximum absolute atomic E-state index is 5.60. The van der Waals surface area contributed by atoms with Crippen LogP contribution < -0.4 is 15.0 Å². The molecule has 0 radical (unpaired) electrons. The van der Waals surface area contributed by atoms with Gasteiger partial charge in [-0.2, -0.15) is 11.8 Å². The first-order valence-corrected chi connectivity index (χ1v) is 8.66. The Morgan fingerprint density at radius 3 is 2.95 bits per heavy atom. The quantitative estimate of drug-likeness (QED) is 0.900.